The standard InChI is InChI=1S/C5H2Cl3I/c6-3-1-5(8)9-2-4(3)7/h1-2H. The van der Waals surface area contributed by atoms with Gasteiger partial charge in [-0.3, -0.25) is 0 Å². The van der Waals surface area contributed by atoms with E-state index in [-0.39, 0.29) is 20.7 Å². The van der Waals surface area contributed by atoms with Crippen molar-refractivity contribution in [2.75, 3.05) is 0 Å². The average Bonchev–Trinajstić information content (AvgIpc) is 1.80. The SMILES string of the molecule is ClC1=CI=C(Cl)C=C1Cl. The first-order valence-corrected chi connectivity index (χ1v) is 5.55. The molecule has 0 amide bonds. The zero-order valence-electron chi connectivity index (χ0n) is 4.17. The van der Waals surface area contributed by atoms with Crippen LogP contribution in [0.15, 0.2) is 20.2 Å². The van der Waals surface area contributed by atoms with Gasteiger partial charge in [0.2, 0.25) is 0 Å². The number of allylic oxidation sites excluding steroid dienone is 3. The maximum atomic E-state index is 5.68. The molecule has 0 N–H and O–H groups in total. The summed E-state index contributed by atoms with van der Waals surface area (Å²) in [5.41, 5.74) is 0. The third kappa shape index (κ3) is 2.22. The minimum atomic E-state index is -0.188. The van der Waals surface area contributed by atoms with Gasteiger partial charge >= 0.3 is 0 Å². The van der Waals surface area contributed by atoms with Crippen LogP contribution in [0, 0.1) is 0 Å². The Bertz CT molecular complexity index is 214. The summed E-state index contributed by atoms with van der Waals surface area (Å²) in [6, 6.07) is 0. The Balaban J connectivity index is 2.99. The lowest BCUT2D eigenvalue weighted by Gasteiger charge is -1.98. The lowest BCUT2D eigenvalue weighted by Crippen LogP contribution is -1.81. The highest BCUT2D eigenvalue weighted by atomic mass is 127. The first kappa shape index (κ1) is 8.05. The van der Waals surface area contributed by atoms with Crippen LogP contribution < -0.4 is 0 Å². The van der Waals surface area contributed by atoms with Crippen molar-refractivity contribution in [1.29, 1.82) is 0 Å². The summed E-state index contributed by atoms with van der Waals surface area (Å²) in [5, 5.41) is 1.18. The van der Waals surface area contributed by atoms with E-state index in [4.69, 9.17) is 34.8 Å². The van der Waals surface area contributed by atoms with Crippen molar-refractivity contribution in [3.63, 3.8) is 0 Å². The van der Waals surface area contributed by atoms with Gasteiger partial charge in [0.05, 0.1) is 13.0 Å². The zero-order chi connectivity index (χ0) is 6.85. The molecule has 0 spiro atoms. The van der Waals surface area contributed by atoms with E-state index in [2.05, 4.69) is 0 Å². The van der Waals surface area contributed by atoms with Gasteiger partial charge in [-0.1, -0.05) is 55.5 Å². The van der Waals surface area contributed by atoms with Gasteiger partial charge in [-0.2, -0.15) is 0 Å². The molecule has 50 valence electrons. The summed E-state index contributed by atoms with van der Waals surface area (Å²) in [6.07, 6.45) is 1.71. The predicted octanol–water partition coefficient (Wildman–Crippen LogP) is 3.54. The number of halogens is 4. The smallest absolute Gasteiger partial charge is 0.0750 e. The molecule has 1 rings (SSSR count). The minimum absolute atomic E-state index is 0.188. The Kier molecular flexibility index (Phi) is 3.02. The molecule has 0 unspecified atom stereocenters. The van der Waals surface area contributed by atoms with Gasteiger partial charge in [-0.15, -0.1) is 0 Å². The Morgan fingerprint density at radius 2 is 1.78 bits per heavy atom. The van der Waals surface area contributed by atoms with Gasteiger partial charge in [-0.25, -0.2) is 0 Å². The summed E-state index contributed by atoms with van der Waals surface area (Å²) in [5.74, 6) is 0. The van der Waals surface area contributed by atoms with Crippen LogP contribution in [0.2, 0.25) is 0 Å². The molecular weight excluding hydrogens is 293 g/mol. The Hall–Kier alpha value is 0.950. The highest BCUT2D eigenvalue weighted by molar-refractivity contribution is 14.2. The lowest BCUT2D eigenvalue weighted by atomic mass is 10.5. The van der Waals surface area contributed by atoms with E-state index in [1.165, 1.54) is 0 Å². The largest absolute Gasteiger partial charge is 0.0826 e. The van der Waals surface area contributed by atoms with Crippen LogP contribution in [-0.4, -0.2) is 2.97 Å². The summed E-state index contributed by atoms with van der Waals surface area (Å²) in [7, 11) is 0. The Labute approximate surface area is 78.2 Å². The predicted molar refractivity (Wildman–Crippen MR) is 52.8 cm³/mol. The molecule has 0 atom stereocenters. The summed E-state index contributed by atoms with van der Waals surface area (Å²) >= 11 is 16.8. The molecule has 0 fully saturated rings. The Morgan fingerprint density at radius 1 is 1.11 bits per heavy atom. The van der Waals surface area contributed by atoms with Crippen LogP contribution in [0.3, 0.4) is 0 Å². The average molecular weight is 295 g/mol. The summed E-state index contributed by atoms with van der Waals surface area (Å²) in [4.78, 5) is 0. The third-order valence-corrected chi connectivity index (χ3v) is 4.31. The maximum Gasteiger partial charge on any atom is 0.0750 e. The second-order valence-corrected chi connectivity index (χ2v) is 5.62. The van der Waals surface area contributed by atoms with E-state index < -0.39 is 0 Å². The van der Waals surface area contributed by atoms with E-state index >= 15 is 0 Å². The molecule has 0 saturated heterocycles. The molecule has 0 aromatic rings. The fraction of sp³-hybridized carbons (Fsp3) is 0. The monoisotopic (exact) mass is 294 g/mol. The van der Waals surface area contributed by atoms with Crippen molar-refractivity contribution in [3.8, 4) is 0 Å². The number of rotatable bonds is 0. The highest BCUT2D eigenvalue weighted by Crippen LogP contribution is 2.28. The van der Waals surface area contributed by atoms with Crippen molar-refractivity contribution in [1.82, 2.24) is 0 Å². The summed E-state index contributed by atoms with van der Waals surface area (Å²) < 4.78 is 2.73. The van der Waals surface area contributed by atoms with Crippen LogP contribution in [0.1, 0.15) is 0 Å². The first-order chi connectivity index (χ1) is 4.20. The van der Waals surface area contributed by atoms with Crippen LogP contribution in [0.4, 0.5) is 0 Å². The van der Waals surface area contributed by atoms with E-state index in [0.717, 1.165) is 2.97 Å². The van der Waals surface area contributed by atoms with Crippen LogP contribution in [-0.2, 0) is 0 Å². The number of hydrogen-bond acceptors (Lipinski definition) is 0. The molecule has 0 aromatic carbocycles. The van der Waals surface area contributed by atoms with Crippen LogP contribution >= 0.6 is 55.5 Å². The molecule has 0 nitrogen and oxygen atoms in total. The van der Waals surface area contributed by atoms with Crippen molar-refractivity contribution in [2.24, 2.45) is 0 Å². The second-order valence-electron chi connectivity index (χ2n) is 1.35. The normalized spacial score (nSPS) is 19.2. The van der Waals surface area contributed by atoms with Gasteiger partial charge in [0.1, 0.15) is 0 Å². The van der Waals surface area contributed by atoms with Gasteiger partial charge < -0.3 is 0 Å². The Morgan fingerprint density at radius 3 is 2.22 bits per heavy atom. The van der Waals surface area contributed by atoms with E-state index in [0.29, 0.717) is 10.1 Å². The van der Waals surface area contributed by atoms with Crippen LogP contribution in [0.25, 0.3) is 0 Å². The van der Waals surface area contributed by atoms with Crippen molar-refractivity contribution < 1.29 is 0 Å². The minimum Gasteiger partial charge on any atom is -0.0826 e. The van der Waals surface area contributed by atoms with Gasteiger partial charge in [-0.05, 0) is 10.2 Å². The van der Waals surface area contributed by atoms with E-state index in [1.807, 2.05) is 4.08 Å². The fourth-order valence-corrected chi connectivity index (χ4v) is 3.05. The molecule has 0 radical (unpaired) electrons. The third-order valence-electron chi connectivity index (χ3n) is 0.719. The van der Waals surface area contributed by atoms with Gasteiger partial charge in [0.15, 0.2) is 0 Å². The molecule has 1 aliphatic heterocycles. The molecule has 0 bridgehead atoms. The maximum absolute atomic E-state index is 5.68. The number of hydrogen-bond donors (Lipinski definition) is 0. The van der Waals surface area contributed by atoms with Gasteiger partial charge in [0.25, 0.3) is 0 Å². The molecule has 1 aliphatic rings. The molecule has 0 saturated carbocycles. The molecule has 0 aromatic heterocycles. The first-order valence-electron chi connectivity index (χ1n) is 2.09. The highest BCUT2D eigenvalue weighted by Gasteiger charge is 2.02. The topological polar surface area (TPSA) is 0 Å². The lowest BCUT2D eigenvalue weighted by molar-refractivity contribution is 1.89. The van der Waals surface area contributed by atoms with Crippen molar-refractivity contribution >= 4 is 58.5 Å². The van der Waals surface area contributed by atoms with Crippen molar-refractivity contribution in [3.05, 3.63) is 20.2 Å². The van der Waals surface area contributed by atoms with Crippen LogP contribution in [0.5, 0.6) is 0 Å². The zero-order valence-corrected chi connectivity index (χ0v) is 8.59. The van der Waals surface area contributed by atoms with E-state index in [9.17, 15) is 0 Å². The van der Waals surface area contributed by atoms with Gasteiger partial charge in [0, 0.05) is 0 Å². The second kappa shape index (κ2) is 3.37. The molecule has 9 heavy (non-hydrogen) atoms. The van der Waals surface area contributed by atoms with E-state index in [1.54, 1.807) is 6.08 Å². The fourth-order valence-electron chi connectivity index (χ4n) is 0.348. The van der Waals surface area contributed by atoms with Crippen molar-refractivity contribution in [2.45, 2.75) is 0 Å². The molecule has 1 heterocycles. The molecule has 0 aliphatic carbocycles. The molecular formula is C5H2Cl3I. The molecule has 4 heteroatoms. The quantitative estimate of drug-likeness (QED) is 0.600. The summed E-state index contributed by atoms with van der Waals surface area (Å²) in [6.45, 7) is 0.